The molecule has 0 unspecified atom stereocenters. The van der Waals surface area contributed by atoms with Crippen molar-refractivity contribution in [1.82, 2.24) is 15.6 Å². The van der Waals surface area contributed by atoms with Crippen molar-refractivity contribution < 1.29 is 13.6 Å². The van der Waals surface area contributed by atoms with Gasteiger partial charge in [0.2, 0.25) is 0 Å². The summed E-state index contributed by atoms with van der Waals surface area (Å²) < 4.78 is 27.3. The van der Waals surface area contributed by atoms with Gasteiger partial charge in [-0.3, -0.25) is 0 Å². The van der Waals surface area contributed by atoms with Crippen molar-refractivity contribution in [2.45, 2.75) is 25.9 Å². The summed E-state index contributed by atoms with van der Waals surface area (Å²) in [6, 6.07) is 6.64. The van der Waals surface area contributed by atoms with Crippen LogP contribution in [0.3, 0.4) is 0 Å². The normalized spacial score (nSPS) is 11.7. The quantitative estimate of drug-likeness (QED) is 0.844. The SMILES string of the molecule is C[C@H](Cc1c(F)cccc1F)NC(=O)NCc1ccc(N(C)C)nc1. The molecule has 5 nitrogen and oxygen atoms in total. The third-order valence-electron chi connectivity index (χ3n) is 3.67. The Labute approximate surface area is 146 Å². The number of anilines is 1. The van der Waals surface area contributed by atoms with Gasteiger partial charge < -0.3 is 15.5 Å². The maximum absolute atomic E-state index is 13.6. The Balaban J connectivity index is 1.83. The van der Waals surface area contributed by atoms with Gasteiger partial charge in [-0.25, -0.2) is 18.6 Å². The van der Waals surface area contributed by atoms with E-state index in [0.29, 0.717) is 6.54 Å². The highest BCUT2D eigenvalue weighted by Crippen LogP contribution is 2.14. The Hall–Kier alpha value is -2.70. The smallest absolute Gasteiger partial charge is 0.315 e. The lowest BCUT2D eigenvalue weighted by atomic mass is 10.1. The maximum atomic E-state index is 13.6. The first-order valence-corrected chi connectivity index (χ1v) is 7.96. The molecule has 134 valence electrons. The van der Waals surface area contributed by atoms with Gasteiger partial charge in [0.05, 0.1) is 0 Å². The Morgan fingerprint density at radius 2 is 1.88 bits per heavy atom. The fraction of sp³-hybridized carbons (Fsp3) is 0.333. The number of rotatable bonds is 6. The third kappa shape index (κ3) is 5.41. The number of nitrogens with zero attached hydrogens (tertiary/aromatic N) is 2. The molecular weight excluding hydrogens is 326 g/mol. The van der Waals surface area contributed by atoms with Gasteiger partial charge in [0.25, 0.3) is 0 Å². The van der Waals surface area contributed by atoms with Gasteiger partial charge in [0.1, 0.15) is 17.5 Å². The second kappa shape index (κ2) is 8.41. The monoisotopic (exact) mass is 348 g/mol. The van der Waals surface area contributed by atoms with Gasteiger partial charge in [-0.15, -0.1) is 0 Å². The Morgan fingerprint density at radius 1 is 1.20 bits per heavy atom. The van der Waals surface area contributed by atoms with E-state index in [2.05, 4.69) is 15.6 Å². The van der Waals surface area contributed by atoms with Crippen molar-refractivity contribution >= 4 is 11.8 Å². The van der Waals surface area contributed by atoms with E-state index in [1.807, 2.05) is 31.1 Å². The highest BCUT2D eigenvalue weighted by molar-refractivity contribution is 5.74. The summed E-state index contributed by atoms with van der Waals surface area (Å²) in [4.78, 5) is 18.1. The summed E-state index contributed by atoms with van der Waals surface area (Å²) in [5, 5.41) is 5.37. The topological polar surface area (TPSA) is 57.3 Å². The van der Waals surface area contributed by atoms with E-state index in [1.54, 1.807) is 13.1 Å². The number of carbonyl (C=O) groups excluding carboxylic acids is 1. The molecule has 0 radical (unpaired) electrons. The zero-order chi connectivity index (χ0) is 18.4. The maximum Gasteiger partial charge on any atom is 0.315 e. The standard InChI is InChI=1S/C18H22F2N4O/c1-12(9-14-15(19)5-4-6-16(14)20)23-18(25)22-11-13-7-8-17(21-10-13)24(2)3/h4-8,10,12H,9,11H2,1-3H3,(H2,22,23,25)/t12-/m1/s1. The minimum atomic E-state index is -0.610. The van der Waals surface area contributed by atoms with Crippen LogP contribution in [0, 0.1) is 11.6 Å². The second-order valence-corrected chi connectivity index (χ2v) is 6.05. The Kier molecular flexibility index (Phi) is 6.27. The van der Waals surface area contributed by atoms with Crippen molar-refractivity contribution in [1.29, 1.82) is 0 Å². The largest absolute Gasteiger partial charge is 0.363 e. The minimum Gasteiger partial charge on any atom is -0.363 e. The Bertz CT molecular complexity index is 699. The van der Waals surface area contributed by atoms with E-state index < -0.39 is 23.7 Å². The van der Waals surface area contributed by atoms with E-state index >= 15 is 0 Å². The molecule has 0 aliphatic carbocycles. The Morgan fingerprint density at radius 3 is 2.44 bits per heavy atom. The summed E-state index contributed by atoms with van der Waals surface area (Å²) in [5.41, 5.74) is 0.826. The summed E-state index contributed by atoms with van der Waals surface area (Å²) in [5.74, 6) is -0.393. The van der Waals surface area contributed by atoms with Gasteiger partial charge in [0.15, 0.2) is 0 Å². The second-order valence-electron chi connectivity index (χ2n) is 6.05. The molecule has 1 atom stereocenters. The lowest BCUT2D eigenvalue weighted by molar-refractivity contribution is 0.237. The number of pyridine rings is 1. The van der Waals surface area contributed by atoms with Gasteiger partial charge in [-0.05, 0) is 37.1 Å². The highest BCUT2D eigenvalue weighted by Gasteiger charge is 2.14. The molecule has 0 bridgehead atoms. The van der Waals surface area contributed by atoms with Gasteiger partial charge in [0, 0.05) is 38.4 Å². The predicted molar refractivity (Wildman–Crippen MR) is 93.5 cm³/mol. The van der Waals surface area contributed by atoms with Crippen LogP contribution in [-0.4, -0.2) is 31.2 Å². The summed E-state index contributed by atoms with van der Waals surface area (Å²) in [7, 11) is 3.79. The van der Waals surface area contributed by atoms with Crippen molar-refractivity contribution in [2.24, 2.45) is 0 Å². The van der Waals surface area contributed by atoms with Crippen LogP contribution in [0.4, 0.5) is 19.4 Å². The lowest BCUT2D eigenvalue weighted by Gasteiger charge is -2.16. The highest BCUT2D eigenvalue weighted by atomic mass is 19.1. The number of halogens is 2. The molecule has 2 rings (SSSR count). The summed E-state index contributed by atoms with van der Waals surface area (Å²) in [6.07, 6.45) is 1.76. The van der Waals surface area contributed by atoms with E-state index in [-0.39, 0.29) is 12.0 Å². The molecule has 1 heterocycles. The summed E-state index contributed by atoms with van der Waals surface area (Å²) >= 11 is 0. The zero-order valence-corrected chi connectivity index (χ0v) is 14.5. The molecule has 25 heavy (non-hydrogen) atoms. The molecule has 0 aliphatic rings. The number of nitrogens with one attached hydrogen (secondary N) is 2. The first kappa shape index (κ1) is 18.6. The molecule has 0 saturated heterocycles. The molecule has 7 heteroatoms. The van der Waals surface area contributed by atoms with Crippen LogP contribution >= 0.6 is 0 Å². The van der Waals surface area contributed by atoms with Crippen molar-refractivity contribution in [2.75, 3.05) is 19.0 Å². The number of hydrogen-bond donors (Lipinski definition) is 2. The van der Waals surface area contributed by atoms with Crippen LogP contribution in [-0.2, 0) is 13.0 Å². The molecule has 0 saturated carbocycles. The molecular formula is C18H22F2N4O. The van der Waals surface area contributed by atoms with Gasteiger partial charge in [-0.1, -0.05) is 12.1 Å². The molecule has 2 amide bonds. The number of urea groups is 1. The number of carbonyl (C=O) groups is 1. The van der Waals surface area contributed by atoms with E-state index in [4.69, 9.17) is 0 Å². The number of benzene rings is 1. The fourth-order valence-corrected chi connectivity index (χ4v) is 2.33. The van der Waals surface area contributed by atoms with Crippen LogP contribution < -0.4 is 15.5 Å². The van der Waals surface area contributed by atoms with Gasteiger partial charge >= 0.3 is 6.03 Å². The van der Waals surface area contributed by atoms with Crippen LogP contribution in [0.5, 0.6) is 0 Å². The minimum absolute atomic E-state index is 0.0289. The number of amides is 2. The number of hydrogen-bond acceptors (Lipinski definition) is 3. The molecule has 0 fully saturated rings. The molecule has 0 aliphatic heterocycles. The first-order valence-electron chi connectivity index (χ1n) is 7.96. The molecule has 2 aromatic rings. The number of aromatic nitrogens is 1. The van der Waals surface area contributed by atoms with Crippen LogP contribution in [0.15, 0.2) is 36.5 Å². The zero-order valence-electron chi connectivity index (χ0n) is 14.5. The lowest BCUT2D eigenvalue weighted by Crippen LogP contribution is -2.41. The summed E-state index contributed by atoms with van der Waals surface area (Å²) in [6.45, 7) is 2.01. The fourth-order valence-electron chi connectivity index (χ4n) is 2.33. The van der Waals surface area contributed by atoms with E-state index in [0.717, 1.165) is 11.4 Å². The van der Waals surface area contributed by atoms with Crippen LogP contribution in [0.25, 0.3) is 0 Å². The van der Waals surface area contributed by atoms with Crippen molar-refractivity contribution in [3.05, 3.63) is 59.3 Å². The first-order chi connectivity index (χ1) is 11.9. The average molecular weight is 348 g/mol. The average Bonchev–Trinajstić information content (AvgIpc) is 2.57. The molecule has 1 aromatic heterocycles. The van der Waals surface area contributed by atoms with E-state index in [9.17, 15) is 13.6 Å². The third-order valence-corrected chi connectivity index (χ3v) is 3.67. The van der Waals surface area contributed by atoms with Crippen LogP contribution in [0.2, 0.25) is 0 Å². The molecule has 2 N–H and O–H groups in total. The van der Waals surface area contributed by atoms with Crippen LogP contribution in [0.1, 0.15) is 18.1 Å². The van der Waals surface area contributed by atoms with E-state index in [1.165, 1.54) is 18.2 Å². The molecule has 1 aromatic carbocycles. The molecule has 0 spiro atoms. The van der Waals surface area contributed by atoms with Crippen molar-refractivity contribution in [3.63, 3.8) is 0 Å². The van der Waals surface area contributed by atoms with Gasteiger partial charge in [-0.2, -0.15) is 0 Å². The van der Waals surface area contributed by atoms with Crippen molar-refractivity contribution in [3.8, 4) is 0 Å². The predicted octanol–water partition coefficient (Wildman–Crippen LogP) is 2.86.